The zero-order valence-corrected chi connectivity index (χ0v) is 12.4. The quantitative estimate of drug-likeness (QED) is 0.859. The maximum atomic E-state index is 11.7. The molecule has 110 valence electrons. The summed E-state index contributed by atoms with van der Waals surface area (Å²) in [5.74, 6) is 0.229. The van der Waals surface area contributed by atoms with E-state index in [1.165, 1.54) is 6.92 Å². The van der Waals surface area contributed by atoms with Gasteiger partial charge in [0.15, 0.2) is 9.84 Å². The van der Waals surface area contributed by atoms with Crippen LogP contribution < -0.4 is 10.6 Å². The zero-order chi connectivity index (χ0) is 14.6. The van der Waals surface area contributed by atoms with E-state index in [1.54, 1.807) is 0 Å². The lowest BCUT2D eigenvalue weighted by Gasteiger charge is -2.11. The maximum absolute atomic E-state index is 11.7. The van der Waals surface area contributed by atoms with E-state index in [9.17, 15) is 13.2 Å². The van der Waals surface area contributed by atoms with Crippen molar-refractivity contribution in [2.75, 3.05) is 17.6 Å². The fourth-order valence-corrected chi connectivity index (χ4v) is 4.17. The molecule has 1 aliphatic heterocycles. The highest BCUT2D eigenvalue weighted by atomic mass is 32.2. The second-order valence-electron chi connectivity index (χ2n) is 5.14. The molecular weight excluding hydrogens is 276 g/mol. The number of sulfone groups is 1. The number of anilines is 1. The van der Waals surface area contributed by atoms with Crippen LogP contribution >= 0.6 is 0 Å². The molecule has 1 atom stereocenters. The molecule has 0 bridgehead atoms. The first-order valence-corrected chi connectivity index (χ1v) is 8.48. The second kappa shape index (κ2) is 6.37. The molecule has 5 nitrogen and oxygen atoms in total. The fourth-order valence-electron chi connectivity index (χ4n) is 2.37. The first-order chi connectivity index (χ1) is 9.47. The predicted octanol–water partition coefficient (Wildman–Crippen LogP) is 1.31. The first-order valence-electron chi connectivity index (χ1n) is 6.76. The minimum absolute atomic E-state index is 0.0951. The van der Waals surface area contributed by atoms with E-state index >= 15 is 0 Å². The van der Waals surface area contributed by atoms with Gasteiger partial charge in [0, 0.05) is 25.7 Å². The van der Waals surface area contributed by atoms with Gasteiger partial charge in [-0.2, -0.15) is 0 Å². The molecule has 1 aromatic rings. The van der Waals surface area contributed by atoms with Crippen molar-refractivity contribution < 1.29 is 13.2 Å². The van der Waals surface area contributed by atoms with Crippen LogP contribution in [0.5, 0.6) is 0 Å². The molecule has 2 N–H and O–H groups in total. The van der Waals surface area contributed by atoms with Gasteiger partial charge in [-0.25, -0.2) is 8.42 Å². The van der Waals surface area contributed by atoms with Crippen molar-refractivity contribution in [1.29, 1.82) is 0 Å². The van der Waals surface area contributed by atoms with Gasteiger partial charge in [0.2, 0.25) is 5.91 Å². The van der Waals surface area contributed by atoms with Gasteiger partial charge in [-0.3, -0.25) is 4.79 Å². The Bertz CT molecular complexity index is 567. The Balaban J connectivity index is 1.81. The second-order valence-corrected chi connectivity index (χ2v) is 7.54. The normalized spacial score (nSPS) is 20.8. The molecule has 1 aromatic carbocycles. The number of amides is 1. The van der Waals surface area contributed by atoms with Crippen molar-refractivity contribution in [3.05, 3.63) is 29.8 Å². The molecule has 0 aliphatic carbocycles. The fraction of sp³-hybridized carbons (Fsp3) is 0.500. The van der Waals surface area contributed by atoms with E-state index < -0.39 is 9.84 Å². The molecule has 0 unspecified atom stereocenters. The molecular formula is C14H20N2O3S. The average Bonchev–Trinajstić information content (AvgIpc) is 2.70. The molecule has 20 heavy (non-hydrogen) atoms. The van der Waals surface area contributed by atoms with Gasteiger partial charge in [0.1, 0.15) is 0 Å². The molecule has 1 heterocycles. The Labute approximate surface area is 119 Å². The summed E-state index contributed by atoms with van der Waals surface area (Å²) in [4.78, 5) is 10.9. The lowest BCUT2D eigenvalue weighted by Crippen LogP contribution is -2.30. The number of carbonyl (C=O) groups excluding carboxylic acids is 1. The molecule has 2 rings (SSSR count). The summed E-state index contributed by atoms with van der Waals surface area (Å²) < 4.78 is 23.3. The highest BCUT2D eigenvalue weighted by Gasteiger charge is 2.30. The maximum Gasteiger partial charge on any atom is 0.221 e. The van der Waals surface area contributed by atoms with Crippen molar-refractivity contribution in [2.45, 2.75) is 31.6 Å². The zero-order valence-electron chi connectivity index (χ0n) is 11.6. The van der Waals surface area contributed by atoms with E-state index in [2.05, 4.69) is 10.6 Å². The van der Waals surface area contributed by atoms with E-state index in [0.717, 1.165) is 24.1 Å². The smallest absolute Gasteiger partial charge is 0.221 e. The van der Waals surface area contributed by atoms with Gasteiger partial charge in [-0.15, -0.1) is 0 Å². The monoisotopic (exact) mass is 296 g/mol. The van der Waals surface area contributed by atoms with Crippen molar-refractivity contribution >= 4 is 21.4 Å². The number of hydrogen-bond donors (Lipinski definition) is 2. The molecule has 0 aromatic heterocycles. The molecule has 6 heteroatoms. The standard InChI is InChI=1S/C14H20N2O3S/c1-11(17)16-13-6-4-12(5-7-13)9-15-10-14-3-2-8-20(14,18)19/h4-7,14-15H,2-3,8-10H2,1H3,(H,16,17)/t14-/m1/s1. The van der Waals surface area contributed by atoms with Crippen LogP contribution in [-0.2, 0) is 21.2 Å². The first kappa shape index (κ1) is 15.0. The van der Waals surface area contributed by atoms with Crippen molar-refractivity contribution in [2.24, 2.45) is 0 Å². The lowest BCUT2D eigenvalue weighted by atomic mass is 10.2. The minimum atomic E-state index is -2.87. The third kappa shape index (κ3) is 4.05. The van der Waals surface area contributed by atoms with Crippen molar-refractivity contribution in [1.82, 2.24) is 5.32 Å². The van der Waals surface area contributed by atoms with E-state index in [1.807, 2.05) is 24.3 Å². The van der Waals surface area contributed by atoms with Crippen LogP contribution in [0.3, 0.4) is 0 Å². The molecule has 0 spiro atoms. The molecule has 1 aliphatic rings. The van der Waals surface area contributed by atoms with Crippen LogP contribution in [0.25, 0.3) is 0 Å². The summed E-state index contributed by atoms with van der Waals surface area (Å²) in [5, 5.41) is 5.66. The van der Waals surface area contributed by atoms with Gasteiger partial charge in [0.25, 0.3) is 0 Å². The topological polar surface area (TPSA) is 75.3 Å². The number of nitrogens with one attached hydrogen (secondary N) is 2. The third-order valence-electron chi connectivity index (χ3n) is 3.44. The summed E-state index contributed by atoms with van der Waals surface area (Å²) in [7, 11) is -2.87. The van der Waals surface area contributed by atoms with Gasteiger partial charge in [-0.05, 0) is 30.5 Å². The lowest BCUT2D eigenvalue weighted by molar-refractivity contribution is -0.114. The number of carbonyl (C=O) groups is 1. The molecule has 0 saturated carbocycles. The summed E-state index contributed by atoms with van der Waals surface area (Å²) >= 11 is 0. The highest BCUT2D eigenvalue weighted by molar-refractivity contribution is 7.92. The molecule has 1 amide bonds. The van der Waals surface area contributed by atoms with E-state index in [4.69, 9.17) is 0 Å². The SMILES string of the molecule is CC(=O)Nc1ccc(CNC[C@H]2CCCS2(=O)=O)cc1. The Morgan fingerprint density at radius 1 is 1.30 bits per heavy atom. The van der Waals surface area contributed by atoms with Gasteiger partial charge < -0.3 is 10.6 Å². The Kier molecular flexibility index (Phi) is 4.77. The van der Waals surface area contributed by atoms with Crippen molar-refractivity contribution in [3.63, 3.8) is 0 Å². The largest absolute Gasteiger partial charge is 0.326 e. The number of rotatable bonds is 5. The van der Waals surface area contributed by atoms with E-state index in [-0.39, 0.29) is 11.2 Å². The van der Waals surface area contributed by atoms with Crippen LogP contribution in [0, 0.1) is 0 Å². The molecule has 0 radical (unpaired) electrons. The van der Waals surface area contributed by atoms with Crippen LogP contribution in [0.1, 0.15) is 25.3 Å². The Morgan fingerprint density at radius 2 is 2.00 bits per heavy atom. The van der Waals surface area contributed by atoms with Crippen LogP contribution in [-0.4, -0.2) is 31.9 Å². The average molecular weight is 296 g/mol. The summed E-state index contributed by atoms with van der Waals surface area (Å²) in [6.45, 7) is 2.61. The van der Waals surface area contributed by atoms with Gasteiger partial charge in [-0.1, -0.05) is 12.1 Å². The van der Waals surface area contributed by atoms with E-state index in [0.29, 0.717) is 18.8 Å². The molecule has 1 fully saturated rings. The third-order valence-corrected chi connectivity index (χ3v) is 5.71. The van der Waals surface area contributed by atoms with Gasteiger partial charge in [0.05, 0.1) is 11.0 Å². The highest BCUT2D eigenvalue weighted by Crippen LogP contribution is 2.19. The number of benzene rings is 1. The summed E-state index contributed by atoms with van der Waals surface area (Å²) in [5.41, 5.74) is 1.83. The Morgan fingerprint density at radius 3 is 2.55 bits per heavy atom. The predicted molar refractivity (Wildman–Crippen MR) is 79.3 cm³/mol. The van der Waals surface area contributed by atoms with Gasteiger partial charge >= 0.3 is 0 Å². The van der Waals surface area contributed by atoms with Crippen molar-refractivity contribution in [3.8, 4) is 0 Å². The Hall–Kier alpha value is -1.40. The number of hydrogen-bond acceptors (Lipinski definition) is 4. The van der Waals surface area contributed by atoms with Crippen LogP contribution in [0.4, 0.5) is 5.69 Å². The van der Waals surface area contributed by atoms with Crippen LogP contribution in [0.2, 0.25) is 0 Å². The molecule has 1 saturated heterocycles. The summed E-state index contributed by atoms with van der Waals surface area (Å²) in [6.07, 6.45) is 1.54. The van der Waals surface area contributed by atoms with Crippen LogP contribution in [0.15, 0.2) is 24.3 Å². The minimum Gasteiger partial charge on any atom is -0.326 e. The summed E-state index contributed by atoms with van der Waals surface area (Å²) in [6, 6.07) is 7.51.